The Bertz CT molecular complexity index is 941. The van der Waals surface area contributed by atoms with Crippen molar-refractivity contribution in [3.63, 3.8) is 0 Å². The number of ether oxygens (including phenoxy) is 1. The number of aliphatic carboxylic acids is 1. The Morgan fingerprint density at radius 1 is 1.20 bits per heavy atom. The van der Waals surface area contributed by atoms with Gasteiger partial charge >= 0.3 is 5.97 Å². The van der Waals surface area contributed by atoms with Crippen LogP contribution in [0.15, 0.2) is 57.5 Å². The molecule has 6 nitrogen and oxygen atoms in total. The minimum atomic E-state index is -1.36. The number of benzene rings is 2. The van der Waals surface area contributed by atoms with Crippen molar-refractivity contribution in [2.75, 3.05) is 6.61 Å². The molecule has 0 saturated heterocycles. The molecule has 0 spiro atoms. The van der Waals surface area contributed by atoms with E-state index in [0.717, 1.165) is 11.8 Å². The van der Waals surface area contributed by atoms with Gasteiger partial charge in [0.1, 0.15) is 29.5 Å². The first-order valence-corrected chi connectivity index (χ1v) is 10.00. The standard InChI is InChI=1S/C22H23BrFNO5/c1-13(2)20(11-26)25-10-18(22(28)29)21(27)17-9-16(7-8-19(17)23)30-12-14-3-5-15(24)6-4-14/h3-10,13,20,26-27H,11-12H2,1-2H3,(H,28,29). The van der Waals surface area contributed by atoms with Crippen LogP contribution in [0.4, 0.5) is 4.39 Å². The van der Waals surface area contributed by atoms with Crippen molar-refractivity contribution < 1.29 is 29.2 Å². The molecule has 30 heavy (non-hydrogen) atoms. The molecule has 160 valence electrons. The summed E-state index contributed by atoms with van der Waals surface area (Å²) in [6.45, 7) is 3.63. The molecule has 0 fully saturated rings. The third kappa shape index (κ3) is 6.40. The van der Waals surface area contributed by atoms with E-state index < -0.39 is 23.3 Å². The van der Waals surface area contributed by atoms with E-state index in [9.17, 15) is 24.5 Å². The van der Waals surface area contributed by atoms with Gasteiger partial charge in [0.2, 0.25) is 0 Å². The maximum Gasteiger partial charge on any atom is 0.341 e. The predicted molar refractivity (Wildman–Crippen MR) is 116 cm³/mol. The van der Waals surface area contributed by atoms with Gasteiger partial charge < -0.3 is 20.1 Å². The largest absolute Gasteiger partial charge is 0.506 e. The lowest BCUT2D eigenvalue weighted by molar-refractivity contribution is -0.132. The van der Waals surface area contributed by atoms with Gasteiger partial charge in [-0.2, -0.15) is 0 Å². The first-order chi connectivity index (χ1) is 14.2. The molecule has 1 unspecified atom stereocenters. The molecule has 0 aromatic heterocycles. The molecule has 2 aromatic carbocycles. The van der Waals surface area contributed by atoms with Crippen molar-refractivity contribution >= 4 is 33.9 Å². The zero-order chi connectivity index (χ0) is 22.3. The highest BCUT2D eigenvalue weighted by Gasteiger charge is 2.18. The van der Waals surface area contributed by atoms with E-state index in [1.165, 1.54) is 18.2 Å². The van der Waals surface area contributed by atoms with Crippen LogP contribution in [0.3, 0.4) is 0 Å². The Kier molecular flexibility index (Phi) is 8.56. The number of rotatable bonds is 9. The van der Waals surface area contributed by atoms with Crippen molar-refractivity contribution in [1.29, 1.82) is 0 Å². The molecule has 0 saturated carbocycles. The van der Waals surface area contributed by atoms with Crippen LogP contribution in [0.5, 0.6) is 5.75 Å². The lowest BCUT2D eigenvalue weighted by atomic mass is 10.1. The molecule has 0 aliphatic heterocycles. The zero-order valence-corrected chi connectivity index (χ0v) is 18.1. The number of halogens is 2. The Balaban J connectivity index is 2.31. The quantitative estimate of drug-likeness (QED) is 0.277. The second-order valence-electron chi connectivity index (χ2n) is 6.90. The molecular weight excluding hydrogens is 457 g/mol. The van der Waals surface area contributed by atoms with Crippen LogP contribution in [0, 0.1) is 11.7 Å². The minimum absolute atomic E-state index is 0.00152. The number of carboxylic acid groups (broad SMARTS) is 1. The molecule has 3 N–H and O–H groups in total. The lowest BCUT2D eigenvalue weighted by Crippen LogP contribution is -2.18. The maximum atomic E-state index is 13.0. The van der Waals surface area contributed by atoms with Crippen LogP contribution in [-0.2, 0) is 11.4 Å². The summed E-state index contributed by atoms with van der Waals surface area (Å²) in [5.41, 5.74) is 0.550. The van der Waals surface area contributed by atoms with Crippen LogP contribution < -0.4 is 4.74 Å². The first kappa shape index (κ1) is 23.6. The van der Waals surface area contributed by atoms with E-state index in [4.69, 9.17) is 4.74 Å². The molecular formula is C22H23BrFNO5. The van der Waals surface area contributed by atoms with Crippen LogP contribution in [0.25, 0.3) is 5.76 Å². The molecule has 2 rings (SSSR count). The molecule has 8 heteroatoms. The number of carboxylic acids is 1. The van der Waals surface area contributed by atoms with Gasteiger partial charge in [0.05, 0.1) is 12.6 Å². The second-order valence-corrected chi connectivity index (χ2v) is 7.75. The molecule has 2 aromatic rings. The van der Waals surface area contributed by atoms with E-state index in [-0.39, 0.29) is 30.5 Å². The average molecular weight is 480 g/mol. The minimum Gasteiger partial charge on any atom is -0.506 e. The van der Waals surface area contributed by atoms with Gasteiger partial charge in [0.25, 0.3) is 0 Å². The van der Waals surface area contributed by atoms with Crippen LogP contribution >= 0.6 is 15.9 Å². The predicted octanol–water partition coefficient (Wildman–Crippen LogP) is 4.61. The smallest absolute Gasteiger partial charge is 0.341 e. The van der Waals surface area contributed by atoms with E-state index in [2.05, 4.69) is 20.9 Å². The summed E-state index contributed by atoms with van der Waals surface area (Å²) >= 11 is 3.30. The summed E-state index contributed by atoms with van der Waals surface area (Å²) in [6, 6.07) is 10.1. The molecule has 1 atom stereocenters. The summed E-state index contributed by atoms with van der Waals surface area (Å²) in [5, 5.41) is 29.5. The van der Waals surface area contributed by atoms with E-state index in [1.54, 1.807) is 24.3 Å². The van der Waals surface area contributed by atoms with Gasteiger partial charge in [-0.1, -0.05) is 41.9 Å². The molecule has 0 bridgehead atoms. The van der Waals surface area contributed by atoms with Crippen molar-refractivity contribution in [3.8, 4) is 5.75 Å². The van der Waals surface area contributed by atoms with Crippen LogP contribution in [-0.4, -0.2) is 40.2 Å². The van der Waals surface area contributed by atoms with E-state index in [0.29, 0.717) is 10.2 Å². The van der Waals surface area contributed by atoms with Crippen molar-refractivity contribution in [2.24, 2.45) is 10.9 Å². The van der Waals surface area contributed by atoms with Gasteiger partial charge in [0.15, 0.2) is 0 Å². The van der Waals surface area contributed by atoms with Gasteiger partial charge in [-0.3, -0.25) is 4.99 Å². The van der Waals surface area contributed by atoms with Crippen molar-refractivity contribution in [1.82, 2.24) is 0 Å². The Hall–Kier alpha value is -2.71. The lowest BCUT2D eigenvalue weighted by Gasteiger charge is -2.13. The van der Waals surface area contributed by atoms with Gasteiger partial charge in [-0.05, 0) is 41.8 Å². The fourth-order valence-electron chi connectivity index (χ4n) is 2.49. The fourth-order valence-corrected chi connectivity index (χ4v) is 2.92. The Morgan fingerprint density at radius 3 is 2.43 bits per heavy atom. The Labute approximate surface area is 182 Å². The zero-order valence-electron chi connectivity index (χ0n) is 16.5. The van der Waals surface area contributed by atoms with Crippen molar-refractivity contribution in [3.05, 3.63) is 69.5 Å². The summed E-state index contributed by atoms with van der Waals surface area (Å²) in [7, 11) is 0. The number of hydrogen-bond donors (Lipinski definition) is 3. The highest BCUT2D eigenvalue weighted by molar-refractivity contribution is 9.10. The highest BCUT2D eigenvalue weighted by atomic mass is 79.9. The third-order valence-electron chi connectivity index (χ3n) is 4.35. The fraction of sp³-hybridized carbons (Fsp3) is 0.273. The molecule has 0 radical (unpaired) electrons. The highest BCUT2D eigenvalue weighted by Crippen LogP contribution is 2.29. The second kappa shape index (κ2) is 10.9. The molecule has 0 heterocycles. The normalized spacial score (nSPS) is 13.4. The number of hydrogen-bond acceptors (Lipinski definition) is 5. The number of aliphatic hydroxyl groups excluding tert-OH is 2. The number of carbonyl (C=O) groups is 1. The summed E-state index contributed by atoms with van der Waals surface area (Å²) in [6.07, 6.45) is 1.05. The maximum absolute atomic E-state index is 13.0. The Morgan fingerprint density at radius 2 is 1.87 bits per heavy atom. The van der Waals surface area contributed by atoms with Gasteiger partial charge in [-0.25, -0.2) is 9.18 Å². The SMILES string of the molecule is CC(C)C(CO)N=CC(C(=O)O)=C(O)c1cc(OCc2ccc(F)cc2)ccc1Br. The monoisotopic (exact) mass is 479 g/mol. The van der Waals surface area contributed by atoms with Crippen molar-refractivity contribution in [2.45, 2.75) is 26.5 Å². The van der Waals surface area contributed by atoms with Gasteiger partial charge in [0, 0.05) is 16.3 Å². The molecule has 0 amide bonds. The third-order valence-corrected chi connectivity index (χ3v) is 5.04. The number of aliphatic hydroxyl groups is 2. The topological polar surface area (TPSA) is 99.4 Å². The molecule has 0 aliphatic rings. The summed E-state index contributed by atoms with van der Waals surface area (Å²) in [5.74, 6) is -1.81. The van der Waals surface area contributed by atoms with E-state index in [1.807, 2.05) is 13.8 Å². The summed E-state index contributed by atoms with van der Waals surface area (Å²) < 4.78 is 19.1. The van der Waals surface area contributed by atoms with Crippen LogP contribution in [0.1, 0.15) is 25.0 Å². The molecule has 0 aliphatic carbocycles. The number of nitrogens with zero attached hydrogens (tertiary/aromatic N) is 1. The van der Waals surface area contributed by atoms with Crippen LogP contribution in [0.2, 0.25) is 0 Å². The number of aliphatic imine (C=N–C) groups is 1. The van der Waals surface area contributed by atoms with E-state index >= 15 is 0 Å². The summed E-state index contributed by atoms with van der Waals surface area (Å²) in [4.78, 5) is 15.8. The average Bonchev–Trinajstić information content (AvgIpc) is 2.70. The van der Waals surface area contributed by atoms with Gasteiger partial charge in [-0.15, -0.1) is 0 Å². The first-order valence-electron chi connectivity index (χ1n) is 9.20.